The Morgan fingerprint density at radius 2 is 1.97 bits per heavy atom. The zero-order valence-electron chi connectivity index (χ0n) is 18.3. The van der Waals surface area contributed by atoms with E-state index in [4.69, 9.17) is 6.57 Å². The largest absolute Gasteiger partial charge is 0.333 e. The first-order chi connectivity index (χ1) is 14.1. The average molecular weight is 411 g/mol. The van der Waals surface area contributed by atoms with Crippen LogP contribution in [0.1, 0.15) is 46.1 Å². The number of amides is 3. The lowest BCUT2D eigenvalue weighted by Crippen LogP contribution is -2.52. The Morgan fingerprint density at radius 1 is 1.30 bits per heavy atom. The van der Waals surface area contributed by atoms with Crippen LogP contribution in [0, 0.1) is 18.4 Å². The van der Waals surface area contributed by atoms with Gasteiger partial charge in [0.15, 0.2) is 0 Å². The molecule has 2 aliphatic heterocycles. The lowest BCUT2D eigenvalue weighted by atomic mass is 9.80. The van der Waals surface area contributed by atoms with Gasteiger partial charge in [0.25, 0.3) is 5.91 Å². The van der Waals surface area contributed by atoms with Crippen molar-refractivity contribution in [1.29, 1.82) is 0 Å². The lowest BCUT2D eigenvalue weighted by Gasteiger charge is -2.33. The monoisotopic (exact) mass is 410 g/mol. The summed E-state index contributed by atoms with van der Waals surface area (Å²) in [4.78, 5) is 45.9. The summed E-state index contributed by atoms with van der Waals surface area (Å²) in [5.74, 6) is -0.562. The minimum Gasteiger partial charge on any atom is -0.333 e. The molecule has 7 heteroatoms. The molecule has 0 radical (unpaired) electrons. The van der Waals surface area contributed by atoms with Crippen molar-refractivity contribution in [2.75, 3.05) is 18.9 Å². The van der Waals surface area contributed by atoms with Gasteiger partial charge in [0.05, 0.1) is 6.42 Å². The van der Waals surface area contributed by atoms with E-state index in [1.54, 1.807) is 7.05 Å². The van der Waals surface area contributed by atoms with Crippen molar-refractivity contribution in [1.82, 2.24) is 9.80 Å². The number of hydrogen-bond acceptors (Lipinski definition) is 3. The van der Waals surface area contributed by atoms with E-state index in [1.165, 1.54) is 9.80 Å². The van der Waals surface area contributed by atoms with E-state index in [0.29, 0.717) is 6.42 Å². The van der Waals surface area contributed by atoms with E-state index in [1.807, 2.05) is 52.0 Å². The van der Waals surface area contributed by atoms with Crippen LogP contribution in [-0.4, -0.2) is 53.3 Å². The first-order valence-electron chi connectivity index (χ1n) is 10.5. The Hall–Kier alpha value is -2.88. The van der Waals surface area contributed by atoms with Gasteiger partial charge < -0.3 is 10.2 Å². The maximum Gasteiger partial charge on any atom is 0.302 e. The molecule has 1 N–H and O–H groups in total. The summed E-state index contributed by atoms with van der Waals surface area (Å²) in [5.41, 5.74) is 0.669. The fourth-order valence-corrected chi connectivity index (χ4v) is 4.58. The third kappa shape index (κ3) is 3.55. The summed E-state index contributed by atoms with van der Waals surface area (Å²) in [6.07, 6.45) is 0.0400. The first-order valence-corrected chi connectivity index (χ1v) is 10.5. The molecule has 1 spiro atoms. The van der Waals surface area contributed by atoms with Crippen LogP contribution in [0.3, 0.4) is 0 Å². The molecule has 0 aromatic heterocycles. The molecule has 160 valence electrons. The highest BCUT2D eigenvalue weighted by molar-refractivity contribution is 6.07. The number of benzene rings is 1. The van der Waals surface area contributed by atoms with Gasteiger partial charge in [-0.05, 0) is 24.0 Å². The number of nitrogens with one attached hydrogen (secondary N) is 1. The molecule has 2 aliphatic rings. The summed E-state index contributed by atoms with van der Waals surface area (Å²) in [5, 5.41) is 2.91. The molecular formula is C23H30N4O3. The van der Waals surface area contributed by atoms with E-state index in [0.717, 1.165) is 11.3 Å². The lowest BCUT2D eigenvalue weighted by molar-refractivity contribution is -0.147. The third-order valence-electron chi connectivity index (χ3n) is 6.18. The average Bonchev–Trinajstić information content (AvgIpc) is 3.23. The Balaban J connectivity index is 1.95. The molecule has 0 aliphatic carbocycles. The number of anilines is 1. The van der Waals surface area contributed by atoms with Crippen molar-refractivity contribution in [3.8, 4) is 0 Å². The molecule has 3 amide bonds. The molecule has 7 nitrogen and oxygen atoms in total. The zero-order chi connectivity index (χ0) is 22.2. The normalized spacial score (nSPS) is 23.5. The van der Waals surface area contributed by atoms with Gasteiger partial charge in [-0.1, -0.05) is 45.9 Å². The molecule has 30 heavy (non-hydrogen) atoms. The predicted molar refractivity (Wildman–Crippen MR) is 114 cm³/mol. The van der Waals surface area contributed by atoms with Crippen molar-refractivity contribution in [3.05, 3.63) is 41.2 Å². The number of carbonyl (C=O) groups is 3. The SMILES string of the molecule is [C-]#[N+][C@@H]1C[C@@]2(CN1C(=O)[C@H](CC(C)C)N(C)C(=O)C(C)C)C(=O)Nc1ccccc12. The van der Waals surface area contributed by atoms with Gasteiger partial charge in [0.1, 0.15) is 11.5 Å². The Morgan fingerprint density at radius 3 is 2.57 bits per heavy atom. The Bertz CT molecular complexity index is 904. The summed E-state index contributed by atoms with van der Waals surface area (Å²) in [6, 6.07) is 6.81. The molecule has 3 atom stereocenters. The quantitative estimate of drug-likeness (QED) is 0.759. The second-order valence-electron chi connectivity index (χ2n) is 9.11. The Labute approximate surface area is 178 Å². The molecule has 1 fully saturated rings. The van der Waals surface area contributed by atoms with Crippen LogP contribution < -0.4 is 5.32 Å². The minimum atomic E-state index is -0.912. The smallest absolute Gasteiger partial charge is 0.302 e. The summed E-state index contributed by atoms with van der Waals surface area (Å²) in [7, 11) is 1.66. The number of nitrogens with zero attached hydrogens (tertiary/aromatic N) is 3. The van der Waals surface area contributed by atoms with Crippen molar-refractivity contribution in [2.45, 2.75) is 58.2 Å². The van der Waals surface area contributed by atoms with E-state index < -0.39 is 17.6 Å². The van der Waals surface area contributed by atoms with Gasteiger partial charge in [-0.15, -0.1) is 0 Å². The molecule has 3 rings (SSSR count). The Kier molecular flexibility index (Phi) is 5.89. The van der Waals surface area contributed by atoms with Gasteiger partial charge >= 0.3 is 6.17 Å². The molecular weight excluding hydrogens is 380 g/mol. The van der Waals surface area contributed by atoms with Crippen molar-refractivity contribution < 1.29 is 14.4 Å². The first kappa shape index (κ1) is 21.8. The highest BCUT2D eigenvalue weighted by atomic mass is 16.2. The van der Waals surface area contributed by atoms with E-state index in [9.17, 15) is 14.4 Å². The fraction of sp³-hybridized carbons (Fsp3) is 0.565. The van der Waals surface area contributed by atoms with Crippen LogP contribution in [0.4, 0.5) is 5.69 Å². The van der Waals surface area contributed by atoms with Crippen LogP contribution in [0.25, 0.3) is 4.85 Å². The molecule has 0 bridgehead atoms. The maximum absolute atomic E-state index is 13.6. The van der Waals surface area contributed by atoms with Gasteiger partial charge in [-0.3, -0.25) is 24.1 Å². The molecule has 1 aromatic carbocycles. The highest BCUT2D eigenvalue weighted by Gasteiger charge is 2.59. The molecule has 0 unspecified atom stereocenters. The van der Waals surface area contributed by atoms with Gasteiger partial charge in [-0.2, -0.15) is 0 Å². The number of fused-ring (bicyclic) bond motifs is 2. The molecule has 2 heterocycles. The predicted octanol–water partition coefficient (Wildman–Crippen LogP) is 2.88. The maximum atomic E-state index is 13.6. The number of para-hydroxylation sites is 1. The summed E-state index contributed by atoms with van der Waals surface area (Å²) in [6.45, 7) is 15.5. The number of carbonyl (C=O) groups excluding carboxylic acids is 3. The van der Waals surface area contributed by atoms with Crippen molar-refractivity contribution in [3.63, 3.8) is 0 Å². The number of hydrogen-bond donors (Lipinski definition) is 1. The molecule has 1 saturated heterocycles. The van der Waals surface area contributed by atoms with Crippen molar-refractivity contribution >= 4 is 23.4 Å². The number of likely N-dealkylation sites (N-methyl/N-ethyl adjacent to an activating group) is 1. The third-order valence-corrected chi connectivity index (χ3v) is 6.18. The van der Waals surface area contributed by atoms with E-state index in [2.05, 4.69) is 10.2 Å². The fourth-order valence-electron chi connectivity index (χ4n) is 4.58. The van der Waals surface area contributed by atoms with Gasteiger partial charge in [0, 0.05) is 25.2 Å². The van der Waals surface area contributed by atoms with Crippen LogP contribution in [-0.2, 0) is 19.8 Å². The molecule has 1 aromatic rings. The van der Waals surface area contributed by atoms with Crippen LogP contribution in [0.5, 0.6) is 0 Å². The minimum absolute atomic E-state index is 0.105. The number of rotatable bonds is 5. The summed E-state index contributed by atoms with van der Waals surface area (Å²) < 4.78 is 0. The summed E-state index contributed by atoms with van der Waals surface area (Å²) >= 11 is 0. The van der Waals surface area contributed by atoms with Crippen LogP contribution >= 0.6 is 0 Å². The number of likely N-dealkylation sites (tertiary alicyclic amines) is 1. The van der Waals surface area contributed by atoms with E-state index >= 15 is 0 Å². The van der Waals surface area contributed by atoms with E-state index in [-0.39, 0.29) is 42.5 Å². The van der Waals surface area contributed by atoms with Crippen molar-refractivity contribution in [2.24, 2.45) is 11.8 Å². The van der Waals surface area contributed by atoms with Crippen LogP contribution in [0.15, 0.2) is 24.3 Å². The standard InChI is InChI=1S/C23H30N4O3/c1-14(2)11-18(26(6)20(28)15(3)4)21(29)27-13-23(12-19(27)24-5)16-9-7-8-10-17(16)25-22(23)30/h7-10,14-15,18-19H,11-13H2,1-4,6H3,(H,25,30)/t18-,19-,23-/m0/s1. The second-order valence-corrected chi connectivity index (χ2v) is 9.11. The van der Waals surface area contributed by atoms with Crippen LogP contribution in [0.2, 0.25) is 0 Å². The highest BCUT2D eigenvalue weighted by Crippen LogP contribution is 2.46. The zero-order valence-corrected chi connectivity index (χ0v) is 18.3. The van der Waals surface area contributed by atoms with Gasteiger partial charge in [-0.25, -0.2) is 6.57 Å². The van der Waals surface area contributed by atoms with Gasteiger partial charge in [0.2, 0.25) is 11.8 Å². The second kappa shape index (κ2) is 8.10. The topological polar surface area (TPSA) is 74.1 Å². The molecule has 0 saturated carbocycles.